The van der Waals surface area contributed by atoms with Crippen molar-refractivity contribution >= 4 is 45.9 Å². The van der Waals surface area contributed by atoms with E-state index in [4.69, 9.17) is 16.0 Å². The molecule has 33 heavy (non-hydrogen) atoms. The van der Waals surface area contributed by atoms with Crippen LogP contribution in [-0.4, -0.2) is 26.4 Å². The van der Waals surface area contributed by atoms with Gasteiger partial charge in [-0.1, -0.05) is 60.5 Å². The van der Waals surface area contributed by atoms with E-state index in [2.05, 4.69) is 20.1 Å². The number of amides is 1. The van der Waals surface area contributed by atoms with Gasteiger partial charge in [-0.2, -0.15) is 5.26 Å². The summed E-state index contributed by atoms with van der Waals surface area (Å²) >= 11 is 7.77. The third kappa shape index (κ3) is 4.22. The van der Waals surface area contributed by atoms with E-state index < -0.39 is 0 Å². The van der Waals surface area contributed by atoms with Crippen LogP contribution >= 0.6 is 23.4 Å². The summed E-state index contributed by atoms with van der Waals surface area (Å²) in [6.07, 6.45) is 4.39. The molecule has 1 N–H and O–H groups in total. The Hall–Kier alpha value is -3.28. The van der Waals surface area contributed by atoms with Crippen LogP contribution in [0.15, 0.2) is 58.1 Å². The first-order valence-corrected chi connectivity index (χ1v) is 12.1. The molecule has 1 fully saturated rings. The van der Waals surface area contributed by atoms with Crippen LogP contribution in [0, 0.1) is 11.3 Å². The van der Waals surface area contributed by atoms with E-state index in [1.165, 1.54) is 11.8 Å². The molecule has 0 atom stereocenters. The average Bonchev–Trinajstić information content (AvgIpc) is 3.57. The van der Waals surface area contributed by atoms with Crippen LogP contribution < -0.4 is 5.32 Å². The van der Waals surface area contributed by atoms with Gasteiger partial charge in [-0.05, 0) is 37.1 Å². The number of thioether (sulfide) groups is 1. The summed E-state index contributed by atoms with van der Waals surface area (Å²) < 4.78 is 7.67. The maximum Gasteiger partial charge on any atom is 0.234 e. The molecule has 7 nitrogen and oxygen atoms in total. The number of anilines is 1. The van der Waals surface area contributed by atoms with Crippen LogP contribution in [0.4, 0.5) is 5.69 Å². The SMILES string of the molecule is N#Cc1oc2ccccc2c1NC(=O)CSc1nnc(-c2ccccc2Cl)n1C1CCCC1. The van der Waals surface area contributed by atoms with Crippen molar-refractivity contribution in [3.05, 3.63) is 59.3 Å². The molecule has 1 aliphatic carbocycles. The van der Waals surface area contributed by atoms with E-state index in [1.54, 1.807) is 6.07 Å². The molecule has 166 valence electrons. The molecule has 0 radical (unpaired) electrons. The smallest absolute Gasteiger partial charge is 0.234 e. The molecule has 0 unspecified atom stereocenters. The van der Waals surface area contributed by atoms with Crippen molar-refractivity contribution in [3.8, 4) is 17.5 Å². The lowest BCUT2D eigenvalue weighted by Crippen LogP contribution is -2.16. The molecule has 5 rings (SSSR count). The molecule has 2 aromatic carbocycles. The number of hydrogen-bond acceptors (Lipinski definition) is 6. The summed E-state index contributed by atoms with van der Waals surface area (Å²) in [7, 11) is 0. The molecular weight excluding hydrogens is 458 g/mol. The van der Waals surface area contributed by atoms with Gasteiger partial charge in [-0.15, -0.1) is 10.2 Å². The number of hydrogen-bond donors (Lipinski definition) is 1. The van der Waals surface area contributed by atoms with Crippen molar-refractivity contribution in [1.82, 2.24) is 14.8 Å². The normalized spacial score (nSPS) is 13.9. The predicted octanol–water partition coefficient (Wildman–Crippen LogP) is 6.06. The van der Waals surface area contributed by atoms with Gasteiger partial charge in [-0.3, -0.25) is 9.36 Å². The Morgan fingerprint density at radius 3 is 2.73 bits per heavy atom. The molecule has 0 spiro atoms. The molecule has 0 saturated heterocycles. The van der Waals surface area contributed by atoms with E-state index in [-0.39, 0.29) is 23.5 Å². The van der Waals surface area contributed by atoms with E-state index in [1.807, 2.05) is 48.5 Å². The number of rotatable bonds is 6. The highest BCUT2D eigenvalue weighted by Crippen LogP contribution is 2.38. The summed E-state index contributed by atoms with van der Waals surface area (Å²) in [6.45, 7) is 0. The number of carbonyl (C=O) groups excluding carboxylic acids is 1. The number of furan rings is 1. The highest BCUT2D eigenvalue weighted by molar-refractivity contribution is 7.99. The lowest BCUT2D eigenvalue weighted by Gasteiger charge is -2.17. The Morgan fingerprint density at radius 1 is 1.18 bits per heavy atom. The van der Waals surface area contributed by atoms with E-state index in [9.17, 15) is 10.1 Å². The molecule has 1 saturated carbocycles. The first-order valence-electron chi connectivity index (χ1n) is 10.7. The molecule has 0 bridgehead atoms. The molecule has 9 heteroatoms. The van der Waals surface area contributed by atoms with Gasteiger partial charge in [0.15, 0.2) is 11.0 Å². The standard InChI is InChI=1S/C24H20ClN5O2S/c25-18-11-5-3-9-16(18)23-28-29-24(30(23)15-7-1-2-8-15)33-14-21(31)27-22-17-10-4-6-12-19(17)32-20(22)13-26/h3-6,9-12,15H,1-2,7-8,14H2,(H,27,31). The van der Waals surface area contributed by atoms with Gasteiger partial charge < -0.3 is 9.73 Å². The van der Waals surface area contributed by atoms with Crippen molar-refractivity contribution in [2.75, 3.05) is 11.1 Å². The predicted molar refractivity (Wildman–Crippen MR) is 128 cm³/mol. The van der Waals surface area contributed by atoms with Crippen LogP contribution in [0.1, 0.15) is 37.5 Å². The van der Waals surface area contributed by atoms with Crippen LogP contribution in [0.5, 0.6) is 0 Å². The minimum Gasteiger partial charge on any atom is -0.443 e. The summed E-state index contributed by atoms with van der Waals surface area (Å²) in [4.78, 5) is 12.8. The fourth-order valence-corrected chi connectivity index (χ4v) is 5.27. The van der Waals surface area contributed by atoms with E-state index >= 15 is 0 Å². The number of fused-ring (bicyclic) bond motifs is 1. The van der Waals surface area contributed by atoms with Gasteiger partial charge in [0, 0.05) is 17.0 Å². The minimum atomic E-state index is -0.247. The Kier molecular flexibility index (Phi) is 6.07. The number of nitrogens with zero attached hydrogens (tertiary/aromatic N) is 4. The zero-order valence-corrected chi connectivity index (χ0v) is 19.2. The van der Waals surface area contributed by atoms with E-state index in [0.29, 0.717) is 26.8 Å². The Bertz CT molecular complexity index is 1370. The van der Waals surface area contributed by atoms with Crippen LogP contribution in [-0.2, 0) is 4.79 Å². The average molecular weight is 478 g/mol. The Labute approximate surface area is 199 Å². The maximum absolute atomic E-state index is 12.8. The number of aromatic nitrogens is 3. The zero-order valence-electron chi connectivity index (χ0n) is 17.6. The summed E-state index contributed by atoms with van der Waals surface area (Å²) in [6, 6.07) is 17.1. The van der Waals surface area contributed by atoms with Crippen molar-refractivity contribution in [2.24, 2.45) is 0 Å². The second-order valence-electron chi connectivity index (χ2n) is 7.85. The molecular formula is C24H20ClN5O2S. The molecule has 1 amide bonds. The molecule has 0 aliphatic heterocycles. The second kappa shape index (κ2) is 9.30. The molecule has 2 aromatic heterocycles. The van der Waals surface area contributed by atoms with Crippen molar-refractivity contribution in [3.63, 3.8) is 0 Å². The lowest BCUT2D eigenvalue weighted by atomic mass is 10.2. The number of halogens is 1. The lowest BCUT2D eigenvalue weighted by molar-refractivity contribution is -0.113. The van der Waals surface area contributed by atoms with Gasteiger partial charge >= 0.3 is 0 Å². The third-order valence-electron chi connectivity index (χ3n) is 5.76. The van der Waals surface area contributed by atoms with Gasteiger partial charge in [0.05, 0.1) is 10.8 Å². The first kappa shape index (κ1) is 21.6. The fraction of sp³-hybridized carbons (Fsp3) is 0.250. The van der Waals surface area contributed by atoms with Gasteiger partial charge in [0.2, 0.25) is 11.7 Å². The monoisotopic (exact) mass is 477 g/mol. The largest absolute Gasteiger partial charge is 0.443 e. The Balaban J connectivity index is 1.39. The quantitative estimate of drug-likeness (QED) is 0.339. The maximum atomic E-state index is 12.8. The topological polar surface area (TPSA) is 96.7 Å². The number of nitrogens with one attached hydrogen (secondary N) is 1. The number of benzene rings is 2. The summed E-state index contributed by atoms with van der Waals surface area (Å²) in [5.41, 5.74) is 1.79. The molecule has 1 aliphatic rings. The van der Waals surface area contributed by atoms with Crippen LogP contribution in [0.2, 0.25) is 5.02 Å². The number of carbonyl (C=O) groups is 1. The van der Waals surface area contributed by atoms with Crippen molar-refractivity contribution in [1.29, 1.82) is 5.26 Å². The van der Waals surface area contributed by atoms with Gasteiger partial charge in [-0.25, -0.2) is 0 Å². The Morgan fingerprint density at radius 2 is 1.94 bits per heavy atom. The van der Waals surface area contributed by atoms with E-state index in [0.717, 1.165) is 37.1 Å². The van der Waals surface area contributed by atoms with Gasteiger partial charge in [0.1, 0.15) is 17.3 Å². The summed E-state index contributed by atoms with van der Waals surface area (Å²) in [5, 5.41) is 23.1. The highest BCUT2D eigenvalue weighted by Gasteiger charge is 2.26. The fourth-order valence-electron chi connectivity index (χ4n) is 4.25. The third-order valence-corrected chi connectivity index (χ3v) is 7.04. The summed E-state index contributed by atoms with van der Waals surface area (Å²) in [5.74, 6) is 0.689. The molecule has 2 heterocycles. The minimum absolute atomic E-state index is 0.0877. The number of para-hydroxylation sites is 1. The highest BCUT2D eigenvalue weighted by atomic mass is 35.5. The van der Waals surface area contributed by atoms with Crippen molar-refractivity contribution in [2.45, 2.75) is 36.9 Å². The first-order chi connectivity index (χ1) is 16.2. The van der Waals surface area contributed by atoms with Crippen LogP contribution in [0.25, 0.3) is 22.4 Å². The number of nitriles is 1. The zero-order chi connectivity index (χ0) is 22.8. The van der Waals surface area contributed by atoms with Crippen LogP contribution in [0.3, 0.4) is 0 Å². The second-order valence-corrected chi connectivity index (χ2v) is 9.20. The van der Waals surface area contributed by atoms with Gasteiger partial charge in [0.25, 0.3) is 0 Å². The molecule has 4 aromatic rings. The van der Waals surface area contributed by atoms with Crippen molar-refractivity contribution < 1.29 is 9.21 Å².